The number of hydrogen-bond acceptors (Lipinski definition) is 5. The molecular weight excluding hydrogens is 240 g/mol. The fourth-order valence-electron chi connectivity index (χ4n) is 1.69. The van der Waals surface area contributed by atoms with Crippen LogP contribution >= 0.6 is 0 Å². The van der Waals surface area contributed by atoms with Gasteiger partial charge in [0.15, 0.2) is 5.69 Å². The Kier molecular flexibility index (Phi) is 4.43. The topological polar surface area (TPSA) is 70.8 Å². The van der Waals surface area contributed by atoms with Gasteiger partial charge in [-0.15, -0.1) is 0 Å². The first kappa shape index (κ1) is 13.0. The van der Waals surface area contributed by atoms with Crippen LogP contribution in [-0.4, -0.2) is 17.1 Å². The Bertz CT molecular complexity index is 575. The Labute approximate surface area is 111 Å². The number of nitrogens with zero attached hydrogens (tertiary/aromatic N) is 3. The van der Waals surface area contributed by atoms with Gasteiger partial charge in [0.25, 0.3) is 0 Å². The van der Waals surface area contributed by atoms with Crippen LogP contribution < -0.4 is 5.32 Å². The van der Waals surface area contributed by atoms with Gasteiger partial charge in [-0.3, -0.25) is 0 Å². The molecule has 0 aliphatic rings. The Morgan fingerprint density at radius 2 is 2.00 bits per heavy atom. The zero-order chi connectivity index (χ0) is 13.5. The molecule has 0 fully saturated rings. The van der Waals surface area contributed by atoms with Crippen molar-refractivity contribution in [3.8, 4) is 6.07 Å². The Balaban J connectivity index is 2.03. The summed E-state index contributed by atoms with van der Waals surface area (Å²) in [5, 5.41) is 11.8. The minimum atomic E-state index is 0.310. The molecule has 5 nitrogen and oxygen atoms in total. The van der Waals surface area contributed by atoms with E-state index >= 15 is 0 Å². The van der Waals surface area contributed by atoms with Gasteiger partial charge < -0.3 is 10.1 Å². The maximum Gasteiger partial charge on any atom is 0.158 e. The van der Waals surface area contributed by atoms with E-state index in [4.69, 9.17) is 10.00 Å². The molecule has 0 atom stereocenters. The van der Waals surface area contributed by atoms with E-state index in [9.17, 15) is 0 Å². The summed E-state index contributed by atoms with van der Waals surface area (Å²) in [4.78, 5) is 8.07. The number of nitriles is 1. The number of rotatable bonds is 5. The average molecular weight is 254 g/mol. The van der Waals surface area contributed by atoms with Crippen molar-refractivity contribution in [1.29, 1.82) is 5.26 Å². The Morgan fingerprint density at radius 1 is 1.21 bits per heavy atom. The van der Waals surface area contributed by atoms with Crippen LogP contribution in [0.1, 0.15) is 16.8 Å². The standard InChI is InChI=1S/C14H14N4O/c1-19-10-12-5-3-2-4-11(12)7-17-14-9-16-13(6-15)8-18-14/h2-5,8-9H,7,10H2,1H3,(H,17,18). The van der Waals surface area contributed by atoms with E-state index in [1.54, 1.807) is 13.3 Å². The molecule has 0 saturated heterocycles. The molecule has 1 N–H and O–H groups in total. The van der Waals surface area contributed by atoms with Gasteiger partial charge in [0.1, 0.15) is 11.9 Å². The van der Waals surface area contributed by atoms with Crippen LogP contribution in [0.15, 0.2) is 36.7 Å². The molecule has 5 heteroatoms. The van der Waals surface area contributed by atoms with Gasteiger partial charge in [-0.2, -0.15) is 5.26 Å². The van der Waals surface area contributed by atoms with Crippen molar-refractivity contribution < 1.29 is 4.74 Å². The summed E-state index contributed by atoms with van der Waals surface area (Å²) in [5.41, 5.74) is 2.60. The summed E-state index contributed by atoms with van der Waals surface area (Å²) in [5.74, 6) is 0.645. The molecule has 1 heterocycles. The van der Waals surface area contributed by atoms with E-state index in [0.717, 1.165) is 11.1 Å². The molecule has 19 heavy (non-hydrogen) atoms. The molecular formula is C14H14N4O. The monoisotopic (exact) mass is 254 g/mol. The van der Waals surface area contributed by atoms with Gasteiger partial charge in [-0.25, -0.2) is 9.97 Å². The van der Waals surface area contributed by atoms with Crippen LogP contribution in [0.3, 0.4) is 0 Å². The third-order valence-corrected chi connectivity index (χ3v) is 2.64. The molecule has 0 bridgehead atoms. The summed E-state index contributed by atoms with van der Waals surface area (Å²) < 4.78 is 5.16. The molecule has 0 unspecified atom stereocenters. The van der Waals surface area contributed by atoms with Gasteiger partial charge >= 0.3 is 0 Å². The van der Waals surface area contributed by atoms with Crippen LogP contribution in [0.4, 0.5) is 5.82 Å². The number of methoxy groups -OCH3 is 1. The largest absolute Gasteiger partial charge is 0.380 e. The second-order valence-corrected chi connectivity index (χ2v) is 3.95. The van der Waals surface area contributed by atoms with Gasteiger partial charge in [-0.05, 0) is 11.1 Å². The summed E-state index contributed by atoms with van der Waals surface area (Å²) >= 11 is 0. The van der Waals surface area contributed by atoms with Crippen molar-refractivity contribution in [2.75, 3.05) is 12.4 Å². The SMILES string of the molecule is COCc1ccccc1CNc1cnc(C#N)cn1. The zero-order valence-electron chi connectivity index (χ0n) is 10.6. The van der Waals surface area contributed by atoms with E-state index in [1.807, 2.05) is 30.3 Å². The summed E-state index contributed by atoms with van der Waals surface area (Å²) in [6.45, 7) is 1.22. The van der Waals surface area contributed by atoms with Crippen LogP contribution in [0.25, 0.3) is 0 Å². The maximum atomic E-state index is 8.65. The second-order valence-electron chi connectivity index (χ2n) is 3.95. The van der Waals surface area contributed by atoms with Gasteiger partial charge in [0.2, 0.25) is 0 Å². The van der Waals surface area contributed by atoms with Crippen molar-refractivity contribution >= 4 is 5.82 Å². The number of benzene rings is 1. The van der Waals surface area contributed by atoms with Gasteiger partial charge in [0.05, 0.1) is 19.0 Å². The summed E-state index contributed by atoms with van der Waals surface area (Å²) in [6.07, 6.45) is 3.00. The lowest BCUT2D eigenvalue weighted by molar-refractivity contribution is 0.184. The van der Waals surface area contributed by atoms with Crippen LogP contribution in [0, 0.1) is 11.3 Å². The lowest BCUT2D eigenvalue weighted by Crippen LogP contribution is -2.05. The predicted octanol–water partition coefficient (Wildman–Crippen LogP) is 2.11. The first-order valence-electron chi connectivity index (χ1n) is 5.85. The summed E-state index contributed by atoms with van der Waals surface area (Å²) in [6, 6.07) is 9.98. The van der Waals surface area contributed by atoms with E-state index in [2.05, 4.69) is 15.3 Å². The molecule has 0 amide bonds. The lowest BCUT2D eigenvalue weighted by atomic mass is 10.1. The van der Waals surface area contributed by atoms with Crippen LogP contribution in [0.5, 0.6) is 0 Å². The average Bonchev–Trinajstić information content (AvgIpc) is 2.47. The molecule has 2 rings (SSSR count). The summed E-state index contributed by atoms with van der Waals surface area (Å²) in [7, 11) is 1.68. The van der Waals surface area contributed by atoms with Crippen molar-refractivity contribution in [2.24, 2.45) is 0 Å². The highest BCUT2D eigenvalue weighted by molar-refractivity contribution is 5.36. The van der Waals surface area contributed by atoms with Gasteiger partial charge in [-0.1, -0.05) is 24.3 Å². The fraction of sp³-hybridized carbons (Fsp3) is 0.214. The minimum Gasteiger partial charge on any atom is -0.380 e. The highest BCUT2D eigenvalue weighted by Gasteiger charge is 2.02. The number of anilines is 1. The zero-order valence-corrected chi connectivity index (χ0v) is 10.6. The molecule has 1 aromatic heterocycles. The van der Waals surface area contributed by atoms with E-state index in [0.29, 0.717) is 24.7 Å². The number of aromatic nitrogens is 2. The number of ether oxygens (including phenoxy) is 1. The highest BCUT2D eigenvalue weighted by atomic mass is 16.5. The number of nitrogens with one attached hydrogen (secondary N) is 1. The quantitative estimate of drug-likeness (QED) is 0.884. The lowest BCUT2D eigenvalue weighted by Gasteiger charge is -2.10. The van der Waals surface area contributed by atoms with Crippen LogP contribution in [0.2, 0.25) is 0 Å². The number of hydrogen-bond donors (Lipinski definition) is 1. The Morgan fingerprint density at radius 3 is 2.63 bits per heavy atom. The second kappa shape index (κ2) is 6.47. The van der Waals surface area contributed by atoms with E-state index < -0.39 is 0 Å². The predicted molar refractivity (Wildman–Crippen MR) is 71.2 cm³/mol. The normalized spacial score (nSPS) is 9.89. The minimum absolute atomic E-state index is 0.310. The van der Waals surface area contributed by atoms with Crippen molar-refractivity contribution in [1.82, 2.24) is 9.97 Å². The Hall–Kier alpha value is -2.45. The molecule has 0 aliphatic carbocycles. The van der Waals surface area contributed by atoms with Crippen molar-refractivity contribution in [3.63, 3.8) is 0 Å². The maximum absolute atomic E-state index is 8.65. The van der Waals surface area contributed by atoms with Crippen molar-refractivity contribution in [3.05, 3.63) is 53.5 Å². The third-order valence-electron chi connectivity index (χ3n) is 2.64. The highest BCUT2D eigenvalue weighted by Crippen LogP contribution is 2.12. The first-order chi connectivity index (χ1) is 9.33. The molecule has 0 spiro atoms. The molecule has 1 aromatic carbocycles. The third kappa shape index (κ3) is 3.50. The smallest absolute Gasteiger partial charge is 0.158 e. The molecule has 96 valence electrons. The van der Waals surface area contributed by atoms with Gasteiger partial charge in [0, 0.05) is 13.7 Å². The molecule has 0 radical (unpaired) electrons. The van der Waals surface area contributed by atoms with Crippen LogP contribution in [-0.2, 0) is 17.9 Å². The van der Waals surface area contributed by atoms with E-state index in [1.165, 1.54) is 6.20 Å². The first-order valence-corrected chi connectivity index (χ1v) is 5.85. The van der Waals surface area contributed by atoms with Crippen molar-refractivity contribution in [2.45, 2.75) is 13.2 Å². The molecule has 2 aromatic rings. The van der Waals surface area contributed by atoms with E-state index in [-0.39, 0.29) is 0 Å². The fourth-order valence-corrected chi connectivity index (χ4v) is 1.69. The molecule has 0 saturated carbocycles. The molecule has 0 aliphatic heterocycles.